The van der Waals surface area contributed by atoms with Gasteiger partial charge in [-0.15, -0.1) is 0 Å². The predicted molar refractivity (Wildman–Crippen MR) is 146 cm³/mol. The van der Waals surface area contributed by atoms with E-state index in [0.717, 1.165) is 13.0 Å². The average molecular weight is 595 g/mol. The molecule has 0 aliphatic rings. The molecule has 0 heterocycles. The average Bonchev–Trinajstić information content (AvgIpc) is 2.89. The van der Waals surface area contributed by atoms with E-state index in [0.29, 0.717) is 99.1 Å². The topological polar surface area (TPSA) is 169 Å². The Kier molecular flexibility index (Phi) is 37.0. The van der Waals surface area contributed by atoms with E-state index in [1.54, 1.807) is 0 Å². The van der Waals surface area contributed by atoms with Crippen LogP contribution in [0.3, 0.4) is 0 Å². The molecule has 39 heavy (non-hydrogen) atoms. The Bertz CT molecular complexity index is 498. The number of hydrogen-bond donors (Lipinski definition) is 3. The highest BCUT2D eigenvalue weighted by Gasteiger charge is 1.96. The first-order valence-corrected chi connectivity index (χ1v) is 15.2. The third kappa shape index (κ3) is 50.8. The van der Waals surface area contributed by atoms with Crippen LogP contribution in [0.15, 0.2) is 0 Å². The smallest absolute Gasteiger partial charge is 0.394 e. The Hall–Kier alpha value is -0.490. The highest BCUT2D eigenvalue weighted by Crippen LogP contribution is 2.06. The second-order valence-electron chi connectivity index (χ2n) is 8.19. The number of rotatable bonds is 31. The Morgan fingerprint density at radius 3 is 0.923 bits per heavy atom. The fourth-order valence-corrected chi connectivity index (χ4v) is 2.87. The Balaban J connectivity index is 0. The Labute approximate surface area is 235 Å². The fourth-order valence-electron chi connectivity index (χ4n) is 2.87. The van der Waals surface area contributed by atoms with E-state index in [9.17, 15) is 0 Å². The van der Waals surface area contributed by atoms with Crippen molar-refractivity contribution < 1.29 is 60.5 Å². The minimum atomic E-state index is -4.67. The molecule has 14 heteroatoms. The Morgan fingerprint density at radius 2 is 0.641 bits per heavy atom. The van der Waals surface area contributed by atoms with Gasteiger partial charge in [-0.25, -0.2) is 0 Å². The fraction of sp³-hybridized carbons (Fsp3) is 1.00. The standard InChI is InChI=1S/C25H52O9.H2O4S/c1-2-3-4-5-6-7-8-10-27-12-14-29-16-18-31-20-22-33-24-25-34-23-21-32-19-17-30-15-13-28-11-9-26;1-5(2,3)4/h26H,2-25H2,1H3;(H2,1,2,3,4). The van der Waals surface area contributed by atoms with Crippen LogP contribution in [0.25, 0.3) is 0 Å². The SMILES string of the molecule is CCCCCCCCCOCCOCCOCCOCCOCCOCCOCCOCCO.O=S(=O)(O)O. The summed E-state index contributed by atoms with van der Waals surface area (Å²) in [4.78, 5) is 0. The molecule has 0 saturated carbocycles. The second-order valence-corrected chi connectivity index (χ2v) is 9.09. The molecular formula is C25H54O13S. The van der Waals surface area contributed by atoms with Crippen molar-refractivity contribution in [3.8, 4) is 0 Å². The second kappa shape index (κ2) is 35.5. The van der Waals surface area contributed by atoms with Gasteiger partial charge in [-0.3, -0.25) is 9.11 Å². The molecule has 0 spiro atoms. The molecule has 0 aromatic heterocycles. The summed E-state index contributed by atoms with van der Waals surface area (Å²) >= 11 is 0. The lowest BCUT2D eigenvalue weighted by molar-refractivity contribution is -0.0238. The molecule has 0 bridgehead atoms. The van der Waals surface area contributed by atoms with Gasteiger partial charge in [0.25, 0.3) is 0 Å². The third-order valence-corrected chi connectivity index (χ3v) is 4.73. The quantitative estimate of drug-likeness (QED) is 0.0790. The van der Waals surface area contributed by atoms with Gasteiger partial charge in [0.05, 0.1) is 106 Å². The molecule has 0 atom stereocenters. The van der Waals surface area contributed by atoms with Crippen molar-refractivity contribution in [3.05, 3.63) is 0 Å². The van der Waals surface area contributed by atoms with Gasteiger partial charge >= 0.3 is 10.4 Å². The van der Waals surface area contributed by atoms with E-state index in [4.69, 9.17) is 60.5 Å². The zero-order valence-electron chi connectivity index (χ0n) is 23.8. The highest BCUT2D eigenvalue weighted by atomic mass is 32.3. The van der Waals surface area contributed by atoms with Crippen LogP contribution in [0.2, 0.25) is 0 Å². The van der Waals surface area contributed by atoms with Crippen LogP contribution in [0.1, 0.15) is 51.9 Å². The van der Waals surface area contributed by atoms with Crippen molar-refractivity contribution in [3.63, 3.8) is 0 Å². The van der Waals surface area contributed by atoms with E-state index in [2.05, 4.69) is 6.92 Å². The summed E-state index contributed by atoms with van der Waals surface area (Å²) in [7, 11) is -4.67. The maximum absolute atomic E-state index is 8.74. The monoisotopic (exact) mass is 594 g/mol. The van der Waals surface area contributed by atoms with Crippen LogP contribution in [-0.4, -0.2) is 135 Å². The molecule has 3 N–H and O–H groups in total. The number of unbranched alkanes of at least 4 members (excludes halogenated alkanes) is 6. The van der Waals surface area contributed by atoms with Gasteiger partial charge in [-0.05, 0) is 6.42 Å². The van der Waals surface area contributed by atoms with Gasteiger partial charge in [0.15, 0.2) is 0 Å². The van der Waals surface area contributed by atoms with E-state index in [1.807, 2.05) is 0 Å². The molecule has 0 radical (unpaired) electrons. The van der Waals surface area contributed by atoms with Gasteiger partial charge in [0.2, 0.25) is 0 Å². The van der Waals surface area contributed by atoms with Gasteiger partial charge in [0, 0.05) is 6.61 Å². The molecule has 0 aromatic rings. The molecule has 0 aliphatic carbocycles. The van der Waals surface area contributed by atoms with E-state index in [-0.39, 0.29) is 6.61 Å². The van der Waals surface area contributed by atoms with Gasteiger partial charge < -0.3 is 43.0 Å². The van der Waals surface area contributed by atoms with Gasteiger partial charge in [-0.2, -0.15) is 8.42 Å². The number of aliphatic hydroxyl groups excluding tert-OH is 1. The highest BCUT2D eigenvalue weighted by molar-refractivity contribution is 7.79. The van der Waals surface area contributed by atoms with Crippen LogP contribution < -0.4 is 0 Å². The summed E-state index contributed by atoms with van der Waals surface area (Å²) in [6.45, 7) is 11.1. The van der Waals surface area contributed by atoms with E-state index >= 15 is 0 Å². The summed E-state index contributed by atoms with van der Waals surface area (Å²) in [5.74, 6) is 0. The van der Waals surface area contributed by atoms with E-state index in [1.165, 1.54) is 38.5 Å². The van der Waals surface area contributed by atoms with Crippen molar-refractivity contribution in [2.45, 2.75) is 51.9 Å². The molecular weight excluding hydrogens is 540 g/mol. The lowest BCUT2D eigenvalue weighted by Crippen LogP contribution is -2.15. The lowest BCUT2D eigenvalue weighted by atomic mass is 10.1. The molecule has 0 rings (SSSR count). The van der Waals surface area contributed by atoms with Crippen molar-refractivity contribution in [2.24, 2.45) is 0 Å². The summed E-state index contributed by atoms with van der Waals surface area (Å²) in [6.07, 6.45) is 9.12. The number of ether oxygens (including phenoxy) is 8. The first-order valence-electron chi connectivity index (χ1n) is 13.8. The first kappa shape index (κ1) is 40.6. The molecule has 238 valence electrons. The van der Waals surface area contributed by atoms with Gasteiger partial charge in [-0.1, -0.05) is 45.4 Å². The van der Waals surface area contributed by atoms with Crippen LogP contribution in [0.4, 0.5) is 0 Å². The van der Waals surface area contributed by atoms with Crippen molar-refractivity contribution in [1.29, 1.82) is 0 Å². The lowest BCUT2D eigenvalue weighted by Gasteiger charge is -2.08. The van der Waals surface area contributed by atoms with Crippen molar-refractivity contribution in [2.75, 3.05) is 112 Å². The summed E-state index contributed by atoms with van der Waals surface area (Å²) in [5.41, 5.74) is 0. The summed E-state index contributed by atoms with van der Waals surface area (Å²) in [6, 6.07) is 0. The van der Waals surface area contributed by atoms with E-state index < -0.39 is 10.4 Å². The largest absolute Gasteiger partial charge is 0.394 e. The molecule has 0 aliphatic heterocycles. The maximum atomic E-state index is 8.74. The van der Waals surface area contributed by atoms with Crippen LogP contribution in [-0.2, 0) is 48.3 Å². The molecule has 0 aromatic carbocycles. The molecule has 0 unspecified atom stereocenters. The van der Waals surface area contributed by atoms with Crippen molar-refractivity contribution in [1.82, 2.24) is 0 Å². The van der Waals surface area contributed by atoms with Crippen LogP contribution >= 0.6 is 0 Å². The molecule has 13 nitrogen and oxygen atoms in total. The number of hydrogen-bond acceptors (Lipinski definition) is 11. The van der Waals surface area contributed by atoms with Crippen molar-refractivity contribution >= 4 is 10.4 Å². The minimum absolute atomic E-state index is 0.0351. The first-order chi connectivity index (χ1) is 18.9. The third-order valence-electron chi connectivity index (χ3n) is 4.73. The number of aliphatic hydroxyl groups is 1. The van der Waals surface area contributed by atoms with Crippen LogP contribution in [0.5, 0.6) is 0 Å². The predicted octanol–water partition coefficient (Wildman–Crippen LogP) is 2.21. The maximum Gasteiger partial charge on any atom is 0.394 e. The molecule has 0 fully saturated rings. The molecule has 0 amide bonds. The molecule has 0 saturated heterocycles. The zero-order chi connectivity index (χ0) is 29.1. The minimum Gasteiger partial charge on any atom is -0.394 e. The Morgan fingerprint density at radius 1 is 0.410 bits per heavy atom. The normalized spacial score (nSPS) is 11.5. The van der Waals surface area contributed by atoms with Gasteiger partial charge in [0.1, 0.15) is 0 Å². The summed E-state index contributed by atoms with van der Waals surface area (Å²) < 4.78 is 74.8. The zero-order valence-corrected chi connectivity index (χ0v) is 24.6. The summed E-state index contributed by atoms with van der Waals surface area (Å²) in [5, 5.41) is 8.55. The van der Waals surface area contributed by atoms with Crippen LogP contribution in [0, 0.1) is 0 Å².